The Kier molecular flexibility index (Phi) is 3.08. The first-order valence-electron chi connectivity index (χ1n) is 5.29. The summed E-state index contributed by atoms with van der Waals surface area (Å²) in [5.41, 5.74) is -0.247. The smallest absolute Gasteiger partial charge is 0.267 e. The van der Waals surface area contributed by atoms with E-state index in [1.807, 2.05) is 6.07 Å². The van der Waals surface area contributed by atoms with E-state index in [0.29, 0.717) is 5.69 Å². The van der Waals surface area contributed by atoms with E-state index in [4.69, 9.17) is 5.26 Å². The summed E-state index contributed by atoms with van der Waals surface area (Å²) in [4.78, 5) is 22.2. The Bertz CT molecular complexity index is 758. The predicted octanol–water partition coefficient (Wildman–Crippen LogP) is 1.32. The lowest BCUT2D eigenvalue weighted by Crippen LogP contribution is -2.22. The van der Waals surface area contributed by atoms with Crippen LogP contribution in [0.25, 0.3) is 5.69 Å². The lowest BCUT2D eigenvalue weighted by molar-refractivity contribution is -0.384. The number of aromatic nitrogens is 2. The Hall–Kier alpha value is -3.01. The molecule has 0 spiro atoms. The van der Waals surface area contributed by atoms with Crippen LogP contribution < -0.4 is 5.56 Å². The number of hydrogen-bond donors (Lipinski definition) is 0. The molecule has 94 valence electrons. The van der Waals surface area contributed by atoms with Crippen LogP contribution in [-0.4, -0.2) is 14.7 Å². The first-order chi connectivity index (χ1) is 9.04. The molecule has 0 radical (unpaired) electrons. The molecule has 1 aromatic carbocycles. The van der Waals surface area contributed by atoms with Crippen LogP contribution in [0.1, 0.15) is 11.3 Å². The normalized spacial score (nSPS) is 9.89. The van der Waals surface area contributed by atoms with Crippen molar-refractivity contribution in [3.8, 4) is 11.8 Å². The molecule has 0 atom stereocenters. The van der Waals surface area contributed by atoms with Crippen molar-refractivity contribution in [2.75, 3.05) is 0 Å². The standard InChI is InChI=1S/C12H8N4O3/c1-8-9(7-13)6-12(17)15(14-8)10-4-2-3-5-11(10)16(18)19/h2-6H,1H3. The first-order valence-corrected chi connectivity index (χ1v) is 5.29. The Balaban J connectivity index is 2.74. The maximum absolute atomic E-state index is 11.9. The summed E-state index contributed by atoms with van der Waals surface area (Å²) >= 11 is 0. The number of hydrogen-bond acceptors (Lipinski definition) is 5. The second-order valence-electron chi connectivity index (χ2n) is 3.75. The number of nitriles is 1. The SMILES string of the molecule is Cc1nn(-c2ccccc2[N+](=O)[O-])c(=O)cc1C#N. The summed E-state index contributed by atoms with van der Waals surface area (Å²) < 4.78 is 0.925. The molecule has 0 aliphatic heterocycles. The van der Waals surface area contributed by atoms with E-state index >= 15 is 0 Å². The van der Waals surface area contributed by atoms with E-state index < -0.39 is 10.5 Å². The maximum atomic E-state index is 11.9. The molecule has 0 bridgehead atoms. The van der Waals surface area contributed by atoms with Gasteiger partial charge < -0.3 is 0 Å². The first kappa shape index (κ1) is 12.4. The second kappa shape index (κ2) is 4.70. The number of benzene rings is 1. The monoisotopic (exact) mass is 256 g/mol. The Labute approximate surface area is 107 Å². The van der Waals surface area contributed by atoms with Crippen LogP contribution >= 0.6 is 0 Å². The van der Waals surface area contributed by atoms with Crippen molar-refractivity contribution in [3.05, 3.63) is 62.1 Å². The molecule has 0 N–H and O–H groups in total. The number of nitro groups is 1. The van der Waals surface area contributed by atoms with E-state index in [2.05, 4.69) is 5.10 Å². The van der Waals surface area contributed by atoms with Gasteiger partial charge in [-0.3, -0.25) is 14.9 Å². The fourth-order valence-electron chi connectivity index (χ4n) is 1.63. The summed E-state index contributed by atoms with van der Waals surface area (Å²) in [6, 6.07) is 8.75. The fraction of sp³-hybridized carbons (Fsp3) is 0.0833. The molecule has 0 aliphatic carbocycles. The van der Waals surface area contributed by atoms with Crippen LogP contribution in [0.4, 0.5) is 5.69 Å². The van der Waals surface area contributed by atoms with Gasteiger partial charge in [0, 0.05) is 12.1 Å². The fourth-order valence-corrected chi connectivity index (χ4v) is 1.63. The third kappa shape index (κ3) is 2.19. The molecular weight excluding hydrogens is 248 g/mol. The summed E-state index contributed by atoms with van der Waals surface area (Å²) in [6.07, 6.45) is 0. The third-order valence-electron chi connectivity index (χ3n) is 2.54. The van der Waals surface area contributed by atoms with Gasteiger partial charge in [0.1, 0.15) is 11.8 Å². The lowest BCUT2D eigenvalue weighted by atomic mass is 10.2. The van der Waals surface area contributed by atoms with E-state index in [0.717, 1.165) is 10.7 Å². The highest BCUT2D eigenvalue weighted by atomic mass is 16.6. The molecule has 0 saturated heterocycles. The molecule has 2 rings (SSSR count). The van der Waals surface area contributed by atoms with Crippen LogP contribution in [0.5, 0.6) is 0 Å². The molecule has 0 unspecified atom stereocenters. The van der Waals surface area contributed by atoms with Gasteiger partial charge >= 0.3 is 0 Å². The summed E-state index contributed by atoms with van der Waals surface area (Å²) in [6.45, 7) is 1.56. The van der Waals surface area contributed by atoms with Gasteiger partial charge in [-0.15, -0.1) is 0 Å². The van der Waals surface area contributed by atoms with Crippen molar-refractivity contribution in [1.82, 2.24) is 9.78 Å². The Morgan fingerprint density at radius 2 is 2.11 bits per heavy atom. The molecule has 19 heavy (non-hydrogen) atoms. The lowest BCUT2D eigenvalue weighted by Gasteiger charge is -2.06. The van der Waals surface area contributed by atoms with Gasteiger partial charge in [-0.1, -0.05) is 12.1 Å². The van der Waals surface area contributed by atoms with E-state index in [1.54, 1.807) is 13.0 Å². The minimum Gasteiger partial charge on any atom is -0.267 e. The highest BCUT2D eigenvalue weighted by Gasteiger charge is 2.17. The van der Waals surface area contributed by atoms with Crippen molar-refractivity contribution in [2.24, 2.45) is 0 Å². The number of nitrogens with zero attached hydrogens (tertiary/aromatic N) is 4. The van der Waals surface area contributed by atoms with Crippen LogP contribution in [0.2, 0.25) is 0 Å². The minimum atomic E-state index is -0.587. The minimum absolute atomic E-state index is 0.0742. The van der Waals surface area contributed by atoms with Gasteiger partial charge in [0.2, 0.25) is 0 Å². The molecule has 0 saturated carbocycles. The molecule has 2 aromatic rings. The number of aryl methyl sites for hydroxylation is 1. The maximum Gasteiger partial charge on any atom is 0.295 e. The summed E-state index contributed by atoms with van der Waals surface area (Å²) in [7, 11) is 0. The largest absolute Gasteiger partial charge is 0.295 e. The van der Waals surface area contributed by atoms with Crippen LogP contribution in [0.3, 0.4) is 0 Å². The highest BCUT2D eigenvalue weighted by molar-refractivity contribution is 5.51. The van der Waals surface area contributed by atoms with E-state index in [9.17, 15) is 14.9 Å². The summed E-state index contributed by atoms with van der Waals surface area (Å²) in [5, 5.41) is 23.7. The number of nitro benzene ring substituents is 1. The zero-order valence-electron chi connectivity index (χ0n) is 9.90. The van der Waals surface area contributed by atoms with Crippen LogP contribution in [0, 0.1) is 28.4 Å². The van der Waals surface area contributed by atoms with Gasteiger partial charge in [0.15, 0.2) is 0 Å². The van der Waals surface area contributed by atoms with Crippen molar-refractivity contribution < 1.29 is 4.92 Å². The average Bonchev–Trinajstić information content (AvgIpc) is 2.40. The van der Waals surface area contributed by atoms with Gasteiger partial charge in [-0.25, -0.2) is 0 Å². The number of para-hydroxylation sites is 2. The molecular formula is C12H8N4O3. The van der Waals surface area contributed by atoms with Crippen molar-refractivity contribution in [1.29, 1.82) is 5.26 Å². The Morgan fingerprint density at radius 3 is 2.74 bits per heavy atom. The van der Waals surface area contributed by atoms with Gasteiger partial charge in [0.05, 0.1) is 16.2 Å². The van der Waals surface area contributed by atoms with Gasteiger partial charge in [-0.05, 0) is 13.0 Å². The van der Waals surface area contributed by atoms with E-state index in [-0.39, 0.29) is 16.9 Å². The average molecular weight is 256 g/mol. The molecule has 1 heterocycles. The molecule has 0 aliphatic rings. The Morgan fingerprint density at radius 1 is 1.42 bits per heavy atom. The molecule has 7 heteroatoms. The van der Waals surface area contributed by atoms with E-state index in [1.165, 1.54) is 18.2 Å². The predicted molar refractivity (Wildman–Crippen MR) is 65.9 cm³/mol. The number of rotatable bonds is 2. The van der Waals surface area contributed by atoms with Crippen LogP contribution in [-0.2, 0) is 0 Å². The topological polar surface area (TPSA) is 102 Å². The van der Waals surface area contributed by atoms with Gasteiger partial charge in [-0.2, -0.15) is 15.0 Å². The quantitative estimate of drug-likeness (QED) is 0.595. The molecule has 0 amide bonds. The zero-order valence-corrected chi connectivity index (χ0v) is 9.90. The third-order valence-corrected chi connectivity index (χ3v) is 2.54. The second-order valence-corrected chi connectivity index (χ2v) is 3.75. The summed E-state index contributed by atoms with van der Waals surface area (Å²) in [5.74, 6) is 0. The van der Waals surface area contributed by atoms with Crippen molar-refractivity contribution >= 4 is 5.69 Å². The zero-order chi connectivity index (χ0) is 14.0. The van der Waals surface area contributed by atoms with Crippen molar-refractivity contribution in [2.45, 2.75) is 6.92 Å². The highest BCUT2D eigenvalue weighted by Crippen LogP contribution is 2.20. The van der Waals surface area contributed by atoms with Crippen LogP contribution in [0.15, 0.2) is 35.1 Å². The molecule has 7 nitrogen and oxygen atoms in total. The van der Waals surface area contributed by atoms with Crippen molar-refractivity contribution in [3.63, 3.8) is 0 Å². The molecule has 1 aromatic heterocycles. The molecule has 0 fully saturated rings. The van der Waals surface area contributed by atoms with Gasteiger partial charge in [0.25, 0.3) is 11.2 Å².